The number of Topliss-reactive ketones (excluding diaryl/α,β-unsaturated/α-hetero) is 1. The van der Waals surface area contributed by atoms with Crippen LogP contribution in [0.25, 0.3) is 0 Å². The normalized spacial score (nSPS) is 52.2. The van der Waals surface area contributed by atoms with E-state index < -0.39 is 0 Å². The molecular weight excluding hydrogens is 312 g/mol. The Bertz CT molecular complexity index is 531. The summed E-state index contributed by atoms with van der Waals surface area (Å²) in [5.41, 5.74) is 0.585. The van der Waals surface area contributed by atoms with Crippen molar-refractivity contribution in [2.24, 2.45) is 46.3 Å². The van der Waals surface area contributed by atoms with Crippen molar-refractivity contribution in [3.8, 4) is 0 Å². The molecule has 0 radical (unpaired) electrons. The Morgan fingerprint density at radius 3 is 2.36 bits per heavy atom. The van der Waals surface area contributed by atoms with Gasteiger partial charge >= 0.3 is 0 Å². The fraction of sp³-hybridized carbons (Fsp3) is 0.955. The van der Waals surface area contributed by atoms with Gasteiger partial charge in [0, 0.05) is 12.5 Å². The molecule has 0 heterocycles. The second-order valence-electron chi connectivity index (χ2n) is 10.3. The molecule has 2 N–H and O–H groups in total. The van der Waals surface area contributed by atoms with Gasteiger partial charge in [0.05, 0.1) is 0 Å². The molecule has 0 aliphatic heterocycles. The summed E-state index contributed by atoms with van der Waals surface area (Å²) in [6.07, 6.45) is 11.0. The predicted molar refractivity (Wildman–Crippen MR) is 97.9 cm³/mol. The predicted octanol–water partition coefficient (Wildman–Crippen LogP) is 3.82. The maximum absolute atomic E-state index is 12.3. The van der Waals surface area contributed by atoms with Gasteiger partial charge in [0.15, 0.2) is 5.78 Å². The van der Waals surface area contributed by atoms with Crippen LogP contribution < -0.4 is 0 Å². The third kappa shape index (κ3) is 2.56. The molecule has 4 aliphatic carbocycles. The molecule has 4 rings (SSSR count). The highest BCUT2D eigenvalue weighted by molar-refractivity contribution is 5.83. The van der Waals surface area contributed by atoms with E-state index in [0.717, 1.165) is 24.2 Å². The van der Waals surface area contributed by atoms with Gasteiger partial charge in [0.1, 0.15) is 6.61 Å². The van der Waals surface area contributed by atoms with Crippen molar-refractivity contribution < 1.29 is 15.0 Å². The van der Waals surface area contributed by atoms with Crippen LogP contribution in [0.15, 0.2) is 0 Å². The minimum atomic E-state index is -0.274. The van der Waals surface area contributed by atoms with Crippen molar-refractivity contribution in [1.82, 2.24) is 0 Å². The maximum atomic E-state index is 12.3. The Morgan fingerprint density at radius 1 is 0.920 bits per heavy atom. The van der Waals surface area contributed by atoms with Crippen molar-refractivity contribution in [3.05, 3.63) is 0 Å². The number of hydrogen-bond acceptors (Lipinski definition) is 3. The molecule has 0 unspecified atom stereocenters. The van der Waals surface area contributed by atoms with Gasteiger partial charge in [-0.05, 0) is 98.2 Å². The van der Waals surface area contributed by atoms with Crippen molar-refractivity contribution in [1.29, 1.82) is 0 Å². The summed E-state index contributed by atoms with van der Waals surface area (Å²) in [6, 6.07) is 0. The number of ketones is 1. The van der Waals surface area contributed by atoms with E-state index in [-0.39, 0.29) is 23.7 Å². The molecule has 142 valence electrons. The monoisotopic (exact) mass is 348 g/mol. The zero-order valence-corrected chi connectivity index (χ0v) is 16.0. The molecular formula is C22H36O3. The zero-order valence-electron chi connectivity index (χ0n) is 16.0. The molecule has 4 saturated carbocycles. The van der Waals surface area contributed by atoms with Crippen LogP contribution in [0.4, 0.5) is 0 Å². The van der Waals surface area contributed by atoms with Crippen LogP contribution in [0.3, 0.4) is 0 Å². The topological polar surface area (TPSA) is 57.5 Å². The van der Waals surface area contributed by atoms with Gasteiger partial charge < -0.3 is 10.2 Å². The van der Waals surface area contributed by atoms with Gasteiger partial charge in [-0.25, -0.2) is 0 Å². The molecule has 0 aromatic rings. The standard InChI is InChI=1S/C22H36O3/c1-21-9-7-14(12-23)11-15(21)3-4-16-17-5-6-19(20(25)13-24)22(17,2)10-8-18(16)21/h14-19,23-24H,3-13H2,1-2H3/t14-,15-,16-,17-,18-,19+,21-,22-/m0/s1. The Balaban J connectivity index is 1.57. The summed E-state index contributed by atoms with van der Waals surface area (Å²) >= 11 is 0. The van der Waals surface area contributed by atoms with E-state index in [2.05, 4.69) is 13.8 Å². The van der Waals surface area contributed by atoms with Crippen molar-refractivity contribution in [2.45, 2.75) is 71.6 Å². The quantitative estimate of drug-likeness (QED) is 0.815. The minimum absolute atomic E-state index is 0.0896. The van der Waals surface area contributed by atoms with Crippen LogP contribution in [0.2, 0.25) is 0 Å². The minimum Gasteiger partial charge on any atom is -0.396 e. The molecule has 0 spiro atoms. The highest BCUT2D eigenvalue weighted by Crippen LogP contribution is 2.67. The fourth-order valence-corrected chi connectivity index (χ4v) is 8.15. The molecule has 0 bridgehead atoms. The van der Waals surface area contributed by atoms with Crippen LogP contribution in [0, 0.1) is 46.3 Å². The molecule has 0 aromatic carbocycles. The molecule has 4 fully saturated rings. The molecule has 0 amide bonds. The van der Waals surface area contributed by atoms with Crippen molar-refractivity contribution >= 4 is 5.78 Å². The number of rotatable bonds is 3. The number of aliphatic hydroxyl groups is 2. The lowest BCUT2D eigenvalue weighted by Crippen LogP contribution is -2.54. The average molecular weight is 349 g/mol. The van der Waals surface area contributed by atoms with E-state index in [1.807, 2.05) is 0 Å². The van der Waals surface area contributed by atoms with Gasteiger partial charge in [0.2, 0.25) is 0 Å². The van der Waals surface area contributed by atoms with E-state index in [9.17, 15) is 15.0 Å². The first-order valence-corrected chi connectivity index (χ1v) is 10.7. The van der Waals surface area contributed by atoms with Crippen LogP contribution in [0.5, 0.6) is 0 Å². The highest BCUT2D eigenvalue weighted by atomic mass is 16.3. The molecule has 3 heteroatoms. The van der Waals surface area contributed by atoms with Crippen LogP contribution in [-0.4, -0.2) is 29.2 Å². The first-order chi connectivity index (χ1) is 11.9. The third-order valence-corrected chi connectivity index (χ3v) is 9.58. The summed E-state index contributed by atoms with van der Waals surface area (Å²) in [7, 11) is 0. The number of hydrogen-bond donors (Lipinski definition) is 2. The van der Waals surface area contributed by atoms with E-state index in [1.165, 1.54) is 51.4 Å². The number of fused-ring (bicyclic) bond motifs is 5. The summed E-state index contributed by atoms with van der Waals surface area (Å²) in [6.45, 7) is 5.00. The first-order valence-electron chi connectivity index (χ1n) is 10.7. The molecule has 0 saturated heterocycles. The summed E-state index contributed by atoms with van der Waals surface area (Å²) in [4.78, 5) is 12.3. The largest absolute Gasteiger partial charge is 0.396 e. The van der Waals surface area contributed by atoms with Crippen LogP contribution >= 0.6 is 0 Å². The molecule has 25 heavy (non-hydrogen) atoms. The van der Waals surface area contributed by atoms with Gasteiger partial charge in [-0.2, -0.15) is 0 Å². The third-order valence-electron chi connectivity index (χ3n) is 9.58. The lowest BCUT2D eigenvalue weighted by atomic mass is 9.44. The van der Waals surface area contributed by atoms with Crippen LogP contribution in [0.1, 0.15) is 71.6 Å². The lowest BCUT2D eigenvalue weighted by molar-refractivity contribution is -0.139. The van der Waals surface area contributed by atoms with Crippen molar-refractivity contribution in [2.75, 3.05) is 13.2 Å². The first kappa shape index (κ1) is 18.0. The Hall–Kier alpha value is -0.410. The Kier molecular flexibility index (Phi) is 4.56. The Morgan fingerprint density at radius 2 is 1.64 bits per heavy atom. The highest BCUT2D eigenvalue weighted by Gasteiger charge is 2.60. The molecule has 3 nitrogen and oxygen atoms in total. The summed E-state index contributed by atoms with van der Waals surface area (Å²) in [5, 5.41) is 19.0. The van der Waals surface area contributed by atoms with E-state index >= 15 is 0 Å². The van der Waals surface area contributed by atoms with Gasteiger partial charge in [-0.15, -0.1) is 0 Å². The number of aliphatic hydroxyl groups excluding tert-OH is 2. The maximum Gasteiger partial charge on any atom is 0.161 e. The summed E-state index contributed by atoms with van der Waals surface area (Å²) in [5.74, 6) is 3.78. The molecule has 0 aromatic heterocycles. The van der Waals surface area contributed by atoms with E-state index in [1.54, 1.807) is 0 Å². The zero-order chi connectivity index (χ0) is 17.8. The van der Waals surface area contributed by atoms with Gasteiger partial charge in [-0.3, -0.25) is 4.79 Å². The van der Waals surface area contributed by atoms with Gasteiger partial charge in [0.25, 0.3) is 0 Å². The van der Waals surface area contributed by atoms with E-state index in [0.29, 0.717) is 23.9 Å². The number of carbonyl (C=O) groups excluding carboxylic acids is 1. The second-order valence-corrected chi connectivity index (χ2v) is 10.3. The Labute approximate surface area is 152 Å². The average Bonchev–Trinajstić information content (AvgIpc) is 2.97. The number of carbonyl (C=O) groups is 1. The van der Waals surface area contributed by atoms with Crippen LogP contribution in [-0.2, 0) is 4.79 Å². The van der Waals surface area contributed by atoms with Gasteiger partial charge in [-0.1, -0.05) is 13.8 Å². The smallest absolute Gasteiger partial charge is 0.161 e. The fourth-order valence-electron chi connectivity index (χ4n) is 8.15. The second kappa shape index (κ2) is 6.34. The van der Waals surface area contributed by atoms with Crippen molar-refractivity contribution in [3.63, 3.8) is 0 Å². The van der Waals surface area contributed by atoms with E-state index in [4.69, 9.17) is 0 Å². The molecule has 4 aliphatic rings. The SMILES string of the molecule is C[C@]12CC[C@H](CO)C[C@@H]1CC[C@@H]1[C@@H]2CC[C@]2(C)[C@@H](C(=O)CO)CC[C@@H]12. The lowest BCUT2D eigenvalue weighted by Gasteiger charge is -2.61. The molecule has 8 atom stereocenters. The summed E-state index contributed by atoms with van der Waals surface area (Å²) < 4.78 is 0.